The normalized spacial score (nSPS) is 17.9. The van der Waals surface area contributed by atoms with E-state index in [0.29, 0.717) is 38.7 Å². The van der Waals surface area contributed by atoms with Gasteiger partial charge in [-0.05, 0) is 44.0 Å². The smallest absolute Gasteiger partial charge is 0.252 e. The summed E-state index contributed by atoms with van der Waals surface area (Å²) in [6.07, 6.45) is 5.54. The predicted molar refractivity (Wildman–Crippen MR) is 137 cm³/mol. The second-order valence-electron chi connectivity index (χ2n) is 8.85. The molecule has 0 bridgehead atoms. The van der Waals surface area contributed by atoms with Crippen LogP contribution in [0.25, 0.3) is 10.9 Å². The quantitative estimate of drug-likeness (QED) is 0.278. The molecule has 1 amide bonds. The maximum Gasteiger partial charge on any atom is 0.252 e. The van der Waals surface area contributed by atoms with Crippen LogP contribution < -0.4 is 22.1 Å². The first-order chi connectivity index (χ1) is 17.5. The minimum atomic E-state index is -0.775. The van der Waals surface area contributed by atoms with E-state index in [2.05, 4.69) is 20.7 Å². The Morgan fingerprint density at radius 2 is 1.97 bits per heavy atom. The number of carbonyl (C=O) groups excluding carboxylic acids is 1. The molecule has 36 heavy (non-hydrogen) atoms. The van der Waals surface area contributed by atoms with Crippen molar-refractivity contribution in [2.75, 3.05) is 37.1 Å². The van der Waals surface area contributed by atoms with E-state index in [9.17, 15) is 9.18 Å². The molecule has 2 aromatic heterocycles. The van der Waals surface area contributed by atoms with Crippen LogP contribution in [0.3, 0.4) is 0 Å². The molecule has 1 saturated carbocycles. The van der Waals surface area contributed by atoms with E-state index in [0.717, 1.165) is 42.7 Å². The van der Waals surface area contributed by atoms with Gasteiger partial charge in [-0.2, -0.15) is 5.10 Å². The third-order valence-corrected chi connectivity index (χ3v) is 6.31. The number of hydrogen-bond donors (Lipinski definition) is 4. The van der Waals surface area contributed by atoms with Gasteiger partial charge in [0.25, 0.3) is 5.91 Å². The van der Waals surface area contributed by atoms with E-state index in [1.807, 2.05) is 29.8 Å². The summed E-state index contributed by atoms with van der Waals surface area (Å²) in [7, 11) is 0. The van der Waals surface area contributed by atoms with Gasteiger partial charge in [0.15, 0.2) is 11.6 Å². The molecule has 2 unspecified atom stereocenters. The van der Waals surface area contributed by atoms with Gasteiger partial charge in [0.1, 0.15) is 5.82 Å². The molecule has 3 aromatic rings. The highest BCUT2D eigenvalue weighted by Gasteiger charge is 2.24. The van der Waals surface area contributed by atoms with Gasteiger partial charge in [-0.25, -0.2) is 9.37 Å². The van der Waals surface area contributed by atoms with Crippen LogP contribution in [0, 0.1) is 5.82 Å². The van der Waals surface area contributed by atoms with Gasteiger partial charge < -0.3 is 31.6 Å². The average Bonchev–Trinajstić information content (AvgIpc) is 3.26. The second-order valence-corrected chi connectivity index (χ2v) is 8.85. The molecule has 0 spiro atoms. The Labute approximate surface area is 209 Å². The molecule has 1 fully saturated rings. The highest BCUT2D eigenvalue weighted by molar-refractivity contribution is 5.99. The average molecular weight is 500 g/mol. The summed E-state index contributed by atoms with van der Waals surface area (Å²) in [6, 6.07) is 6.58. The number of nitrogens with one attached hydrogen (secondary N) is 2. The molecule has 2 heterocycles. The van der Waals surface area contributed by atoms with Crippen molar-refractivity contribution in [3.05, 3.63) is 41.8 Å². The summed E-state index contributed by atoms with van der Waals surface area (Å²) in [6.45, 7) is 4.85. The fourth-order valence-electron chi connectivity index (χ4n) is 4.38. The SMILES string of the molecule is CCOCCOCCn1ncc2cc(Nc3nc(NC4CCCCC4N)c(F)cc3C(N)=O)ccc21. The molecule has 4 rings (SSSR count). The number of rotatable bonds is 12. The summed E-state index contributed by atoms with van der Waals surface area (Å²) < 4.78 is 27.5. The zero-order valence-electron chi connectivity index (χ0n) is 20.5. The number of ether oxygens (including phenoxy) is 2. The van der Waals surface area contributed by atoms with E-state index < -0.39 is 11.7 Å². The molecule has 2 atom stereocenters. The molecule has 1 aromatic carbocycles. The van der Waals surface area contributed by atoms with Gasteiger partial charge >= 0.3 is 0 Å². The molecule has 194 valence electrons. The van der Waals surface area contributed by atoms with E-state index in [1.54, 1.807) is 6.20 Å². The van der Waals surface area contributed by atoms with Gasteiger partial charge in [-0.15, -0.1) is 0 Å². The van der Waals surface area contributed by atoms with E-state index in [-0.39, 0.29) is 29.3 Å². The van der Waals surface area contributed by atoms with Crippen molar-refractivity contribution in [3.63, 3.8) is 0 Å². The highest BCUT2D eigenvalue weighted by Crippen LogP contribution is 2.28. The van der Waals surface area contributed by atoms with Gasteiger partial charge in [0.2, 0.25) is 0 Å². The Morgan fingerprint density at radius 1 is 1.17 bits per heavy atom. The Morgan fingerprint density at radius 3 is 2.75 bits per heavy atom. The maximum atomic E-state index is 14.8. The number of benzene rings is 1. The molecule has 0 saturated heterocycles. The Hall–Kier alpha value is -3.28. The molecule has 0 radical (unpaired) electrons. The van der Waals surface area contributed by atoms with Crippen molar-refractivity contribution in [2.45, 2.75) is 51.2 Å². The zero-order valence-corrected chi connectivity index (χ0v) is 20.5. The van der Waals surface area contributed by atoms with Crippen LogP contribution in [0.1, 0.15) is 43.0 Å². The molecule has 1 aliphatic rings. The van der Waals surface area contributed by atoms with Crippen LogP contribution >= 0.6 is 0 Å². The molecule has 11 heteroatoms. The van der Waals surface area contributed by atoms with E-state index in [4.69, 9.17) is 20.9 Å². The summed E-state index contributed by atoms with van der Waals surface area (Å²) in [5.41, 5.74) is 13.3. The summed E-state index contributed by atoms with van der Waals surface area (Å²) in [5.74, 6) is -1.20. The minimum absolute atomic E-state index is 0.0361. The summed E-state index contributed by atoms with van der Waals surface area (Å²) in [5, 5.41) is 11.6. The number of hydrogen-bond acceptors (Lipinski definition) is 8. The van der Waals surface area contributed by atoms with Crippen molar-refractivity contribution >= 4 is 34.1 Å². The Bertz CT molecular complexity index is 1190. The third-order valence-electron chi connectivity index (χ3n) is 6.31. The third kappa shape index (κ3) is 6.28. The number of anilines is 3. The van der Waals surface area contributed by atoms with E-state index >= 15 is 0 Å². The Balaban J connectivity index is 1.49. The van der Waals surface area contributed by atoms with Gasteiger partial charge in [-0.1, -0.05) is 12.8 Å². The van der Waals surface area contributed by atoms with Crippen LogP contribution in [-0.2, 0) is 16.0 Å². The number of amides is 1. The van der Waals surface area contributed by atoms with E-state index in [1.165, 1.54) is 0 Å². The number of halogens is 1. The largest absolute Gasteiger partial charge is 0.379 e. The van der Waals surface area contributed by atoms with Gasteiger partial charge in [-0.3, -0.25) is 9.48 Å². The van der Waals surface area contributed by atoms with Crippen LogP contribution in [-0.4, -0.2) is 59.2 Å². The topological polar surface area (TPSA) is 142 Å². The van der Waals surface area contributed by atoms with Gasteiger partial charge in [0.05, 0.1) is 43.6 Å². The van der Waals surface area contributed by atoms with Crippen molar-refractivity contribution in [2.24, 2.45) is 11.5 Å². The molecule has 6 N–H and O–H groups in total. The Kier molecular flexibility index (Phi) is 8.68. The van der Waals surface area contributed by atoms with Crippen molar-refractivity contribution in [1.82, 2.24) is 14.8 Å². The summed E-state index contributed by atoms with van der Waals surface area (Å²) in [4.78, 5) is 16.4. The standard InChI is InChI=1S/C25H34FN7O3/c1-2-35-11-12-36-10-9-33-22-8-7-17(13-16(22)15-29-33)30-24-18(23(28)34)14-19(26)25(32-24)31-21-6-4-3-5-20(21)27/h7-8,13-15,20-21H,2-6,9-12,27H2,1H3,(H2,28,34)(H2,30,31,32). The first kappa shape index (κ1) is 25.8. The second kappa shape index (κ2) is 12.1. The number of fused-ring (bicyclic) bond motifs is 1. The number of primary amides is 1. The van der Waals surface area contributed by atoms with Crippen LogP contribution in [0.15, 0.2) is 30.5 Å². The number of nitrogens with zero attached hydrogens (tertiary/aromatic N) is 3. The number of nitrogens with two attached hydrogens (primary N) is 2. The lowest BCUT2D eigenvalue weighted by Gasteiger charge is -2.30. The van der Waals surface area contributed by atoms with Crippen LogP contribution in [0.4, 0.5) is 21.7 Å². The molecular weight excluding hydrogens is 465 g/mol. The summed E-state index contributed by atoms with van der Waals surface area (Å²) >= 11 is 0. The lowest BCUT2D eigenvalue weighted by atomic mass is 9.91. The maximum absolute atomic E-state index is 14.8. The van der Waals surface area contributed by atoms with Crippen molar-refractivity contribution in [1.29, 1.82) is 0 Å². The minimum Gasteiger partial charge on any atom is -0.379 e. The first-order valence-corrected chi connectivity index (χ1v) is 12.4. The number of aromatic nitrogens is 3. The van der Waals surface area contributed by atoms with Crippen molar-refractivity contribution in [3.8, 4) is 0 Å². The number of carbonyl (C=O) groups is 1. The monoisotopic (exact) mass is 499 g/mol. The zero-order chi connectivity index (χ0) is 25.5. The van der Waals surface area contributed by atoms with Crippen molar-refractivity contribution < 1.29 is 18.7 Å². The van der Waals surface area contributed by atoms with Crippen LogP contribution in [0.2, 0.25) is 0 Å². The lowest BCUT2D eigenvalue weighted by molar-refractivity contribution is 0.0491. The fraction of sp³-hybridized carbons (Fsp3) is 0.480. The number of pyridine rings is 1. The first-order valence-electron chi connectivity index (χ1n) is 12.4. The van der Waals surface area contributed by atoms with Crippen LogP contribution in [0.5, 0.6) is 0 Å². The molecule has 10 nitrogen and oxygen atoms in total. The van der Waals surface area contributed by atoms with Gasteiger partial charge in [0, 0.05) is 29.8 Å². The molecule has 0 aliphatic heterocycles. The fourth-order valence-corrected chi connectivity index (χ4v) is 4.38. The molecular formula is C25H34FN7O3. The predicted octanol–water partition coefficient (Wildman–Crippen LogP) is 3.15. The highest BCUT2D eigenvalue weighted by atomic mass is 19.1. The molecule has 1 aliphatic carbocycles. The lowest BCUT2D eigenvalue weighted by Crippen LogP contribution is -2.43.